The Balaban J connectivity index is 1.49. The first-order chi connectivity index (χ1) is 17.4. The molecule has 0 heterocycles. The van der Waals surface area contributed by atoms with E-state index >= 15 is 4.39 Å². The van der Waals surface area contributed by atoms with Crippen molar-refractivity contribution < 1.29 is 22.0 Å². The van der Waals surface area contributed by atoms with Crippen LogP contribution in [0.4, 0.5) is 22.0 Å². The summed E-state index contributed by atoms with van der Waals surface area (Å²) in [6.45, 7) is 2.18. The molecule has 0 aliphatic rings. The Bertz CT molecular complexity index is 1340. The van der Waals surface area contributed by atoms with Gasteiger partial charge in [0, 0.05) is 10.9 Å². The van der Waals surface area contributed by atoms with E-state index in [9.17, 15) is 17.6 Å². The number of aryl methyl sites for hydroxylation is 3. The molecule has 0 nitrogen and oxygen atoms in total. The predicted octanol–water partition coefficient (Wildman–Crippen LogP) is 9.50. The Morgan fingerprint density at radius 3 is 2.00 bits per heavy atom. The van der Waals surface area contributed by atoms with Gasteiger partial charge in [0.25, 0.3) is 0 Å². The minimum Gasteiger partial charge on any atom is -0.206 e. The van der Waals surface area contributed by atoms with Crippen molar-refractivity contribution in [3.63, 3.8) is 0 Å². The van der Waals surface area contributed by atoms with Gasteiger partial charge in [-0.05, 0) is 77.6 Å². The monoisotopic (exact) mass is 496 g/mol. The molecular weight excluding hydrogens is 467 g/mol. The fourth-order valence-electron chi connectivity index (χ4n) is 4.61. The summed E-state index contributed by atoms with van der Waals surface area (Å²) in [6.07, 6.45) is 7.02. The molecule has 0 amide bonds. The van der Waals surface area contributed by atoms with Crippen LogP contribution in [0.2, 0.25) is 0 Å². The minimum atomic E-state index is -1.51. The topological polar surface area (TPSA) is 0 Å². The van der Waals surface area contributed by atoms with Gasteiger partial charge < -0.3 is 0 Å². The van der Waals surface area contributed by atoms with E-state index in [0.29, 0.717) is 27.5 Å². The highest BCUT2D eigenvalue weighted by Gasteiger charge is 2.14. The third kappa shape index (κ3) is 5.95. The number of benzene rings is 4. The van der Waals surface area contributed by atoms with Crippen LogP contribution in [0.25, 0.3) is 21.9 Å². The number of halogens is 5. The van der Waals surface area contributed by atoms with Crippen LogP contribution in [0.5, 0.6) is 0 Å². The molecule has 0 N–H and O–H groups in total. The first-order valence-electron chi connectivity index (χ1n) is 12.5. The summed E-state index contributed by atoms with van der Waals surface area (Å²) in [7, 11) is 0. The Morgan fingerprint density at radius 2 is 1.28 bits per heavy atom. The van der Waals surface area contributed by atoms with Gasteiger partial charge in [-0.3, -0.25) is 0 Å². The molecule has 4 aromatic rings. The molecule has 0 fully saturated rings. The fourth-order valence-corrected chi connectivity index (χ4v) is 4.61. The first-order valence-corrected chi connectivity index (χ1v) is 12.5. The maximum Gasteiger partial charge on any atom is 0.194 e. The molecule has 0 aromatic heterocycles. The summed E-state index contributed by atoms with van der Waals surface area (Å²) in [4.78, 5) is 0. The normalized spacial score (nSPS) is 11.4. The molecule has 0 saturated heterocycles. The highest BCUT2D eigenvalue weighted by atomic mass is 19.2. The van der Waals surface area contributed by atoms with Crippen LogP contribution < -0.4 is 0 Å². The summed E-state index contributed by atoms with van der Waals surface area (Å²) in [5, 5.41) is 1.02. The summed E-state index contributed by atoms with van der Waals surface area (Å²) < 4.78 is 70.2. The van der Waals surface area contributed by atoms with Crippen LogP contribution >= 0.6 is 0 Å². The van der Waals surface area contributed by atoms with Gasteiger partial charge in [0.05, 0.1) is 0 Å². The SMILES string of the molecule is CCCCCCCc1ccc(-c2ccc3c(F)c(CCc4cc(F)c(F)c(F)c4)ccc3c2)c(F)c1. The van der Waals surface area contributed by atoms with E-state index in [0.717, 1.165) is 37.0 Å². The molecule has 0 saturated carbocycles. The second kappa shape index (κ2) is 11.7. The lowest BCUT2D eigenvalue weighted by Gasteiger charge is -2.11. The maximum atomic E-state index is 15.2. The maximum absolute atomic E-state index is 15.2. The average molecular weight is 497 g/mol. The molecule has 0 atom stereocenters. The van der Waals surface area contributed by atoms with E-state index in [4.69, 9.17) is 0 Å². The Hall–Kier alpha value is -3.21. The van der Waals surface area contributed by atoms with Gasteiger partial charge in [0.1, 0.15) is 11.6 Å². The number of hydrogen-bond donors (Lipinski definition) is 0. The lowest BCUT2D eigenvalue weighted by Crippen LogP contribution is -1.99. The van der Waals surface area contributed by atoms with E-state index in [1.54, 1.807) is 42.5 Å². The Labute approximate surface area is 208 Å². The second-order valence-electron chi connectivity index (χ2n) is 9.33. The van der Waals surface area contributed by atoms with Gasteiger partial charge in [-0.25, -0.2) is 22.0 Å². The van der Waals surface area contributed by atoms with Crippen LogP contribution in [0.3, 0.4) is 0 Å². The number of unbranched alkanes of at least 4 members (excludes halogenated alkanes) is 4. The van der Waals surface area contributed by atoms with Crippen LogP contribution in [-0.4, -0.2) is 0 Å². The molecule has 4 rings (SSSR count). The second-order valence-corrected chi connectivity index (χ2v) is 9.33. The van der Waals surface area contributed by atoms with E-state index in [1.165, 1.54) is 19.3 Å². The van der Waals surface area contributed by atoms with E-state index in [2.05, 4.69) is 6.92 Å². The van der Waals surface area contributed by atoms with Gasteiger partial charge in [-0.15, -0.1) is 0 Å². The highest BCUT2D eigenvalue weighted by Crippen LogP contribution is 2.30. The van der Waals surface area contributed by atoms with E-state index in [-0.39, 0.29) is 24.2 Å². The molecule has 0 bridgehead atoms. The van der Waals surface area contributed by atoms with Gasteiger partial charge in [-0.1, -0.05) is 69.0 Å². The summed E-state index contributed by atoms with van der Waals surface area (Å²) >= 11 is 0. The number of fused-ring (bicyclic) bond motifs is 1. The van der Waals surface area contributed by atoms with Crippen LogP contribution in [0.15, 0.2) is 60.7 Å². The lowest BCUT2D eigenvalue weighted by molar-refractivity contribution is 0.445. The standard InChI is InChI=1S/C31H29F5/c1-2-3-4-5-6-7-20-9-14-25(27(32)16-20)23-13-15-26-24(19-23)12-11-22(30(26)35)10-8-21-17-28(33)31(36)29(34)18-21/h9,11-19H,2-8,10H2,1H3. The molecule has 5 heteroatoms. The van der Waals surface area contributed by atoms with Crippen molar-refractivity contribution in [2.24, 2.45) is 0 Å². The largest absolute Gasteiger partial charge is 0.206 e. The third-order valence-corrected chi connectivity index (χ3v) is 6.67. The van der Waals surface area contributed by atoms with E-state index in [1.807, 2.05) is 6.07 Å². The molecule has 0 radical (unpaired) electrons. The number of hydrogen-bond acceptors (Lipinski definition) is 0. The minimum absolute atomic E-state index is 0.158. The van der Waals surface area contributed by atoms with Gasteiger partial charge >= 0.3 is 0 Å². The molecule has 0 aliphatic heterocycles. The Morgan fingerprint density at radius 1 is 0.556 bits per heavy atom. The van der Waals surface area contributed by atoms with Crippen molar-refractivity contribution in [1.29, 1.82) is 0 Å². The van der Waals surface area contributed by atoms with Crippen molar-refractivity contribution >= 4 is 10.8 Å². The highest BCUT2D eigenvalue weighted by molar-refractivity contribution is 5.88. The smallest absolute Gasteiger partial charge is 0.194 e. The van der Waals surface area contributed by atoms with Gasteiger partial charge in [0.2, 0.25) is 0 Å². The molecule has 0 aliphatic carbocycles. The molecular formula is C31H29F5. The first kappa shape index (κ1) is 25.9. The van der Waals surface area contributed by atoms with Crippen molar-refractivity contribution in [2.45, 2.75) is 58.3 Å². The van der Waals surface area contributed by atoms with Crippen molar-refractivity contribution in [2.75, 3.05) is 0 Å². The van der Waals surface area contributed by atoms with Gasteiger partial charge in [-0.2, -0.15) is 0 Å². The molecule has 4 aromatic carbocycles. The zero-order valence-electron chi connectivity index (χ0n) is 20.3. The third-order valence-electron chi connectivity index (χ3n) is 6.67. The van der Waals surface area contributed by atoms with Crippen molar-refractivity contribution in [3.8, 4) is 11.1 Å². The van der Waals surface area contributed by atoms with Crippen molar-refractivity contribution in [1.82, 2.24) is 0 Å². The van der Waals surface area contributed by atoms with Crippen LogP contribution in [0, 0.1) is 29.1 Å². The zero-order valence-corrected chi connectivity index (χ0v) is 20.3. The lowest BCUT2D eigenvalue weighted by atomic mass is 9.96. The Kier molecular flexibility index (Phi) is 8.40. The zero-order chi connectivity index (χ0) is 25.7. The van der Waals surface area contributed by atoms with E-state index < -0.39 is 23.3 Å². The van der Waals surface area contributed by atoms with Crippen LogP contribution in [-0.2, 0) is 19.3 Å². The molecule has 0 spiro atoms. The quantitative estimate of drug-likeness (QED) is 0.116. The average Bonchev–Trinajstić information content (AvgIpc) is 2.86. The molecule has 0 unspecified atom stereocenters. The van der Waals surface area contributed by atoms with Crippen LogP contribution in [0.1, 0.15) is 55.7 Å². The summed E-state index contributed by atoms with van der Waals surface area (Å²) in [5.41, 5.74) is 2.75. The summed E-state index contributed by atoms with van der Waals surface area (Å²) in [5.74, 6) is -4.76. The number of rotatable bonds is 10. The fraction of sp³-hybridized carbons (Fsp3) is 0.290. The van der Waals surface area contributed by atoms with Gasteiger partial charge in [0.15, 0.2) is 17.5 Å². The molecule has 36 heavy (non-hydrogen) atoms. The summed E-state index contributed by atoms with van der Waals surface area (Å²) in [6, 6.07) is 15.6. The predicted molar refractivity (Wildman–Crippen MR) is 135 cm³/mol. The molecule has 188 valence electrons. The van der Waals surface area contributed by atoms with Crippen molar-refractivity contribution in [3.05, 3.63) is 106 Å².